The molecule has 2 heterocycles. The topological polar surface area (TPSA) is 144 Å². The second-order valence-corrected chi connectivity index (χ2v) is 19.5. The number of anilines is 2. The number of sulfone groups is 1. The van der Waals surface area contributed by atoms with Gasteiger partial charge in [-0.3, -0.25) is 0 Å². The maximum absolute atomic E-state index is 13.7. The zero-order chi connectivity index (χ0) is 28.5. The number of nitrogens with zero attached hydrogens (tertiary/aromatic N) is 4. The monoisotopic (exact) mass is 574 g/mol. The molecule has 0 spiro atoms. The molecule has 0 aliphatic carbocycles. The number of nitrogens with two attached hydrogens (primary N) is 1. The van der Waals surface area contributed by atoms with E-state index in [2.05, 4.69) is 74.1 Å². The van der Waals surface area contributed by atoms with Crippen LogP contribution in [0.1, 0.15) is 64.3 Å². The molecule has 2 atom stereocenters. The van der Waals surface area contributed by atoms with E-state index in [1.54, 1.807) is 31.2 Å². The van der Waals surface area contributed by atoms with Gasteiger partial charge in [0.2, 0.25) is 9.84 Å². The van der Waals surface area contributed by atoms with Crippen molar-refractivity contribution in [2.45, 2.75) is 82.5 Å². The fourth-order valence-electron chi connectivity index (χ4n) is 3.70. The van der Waals surface area contributed by atoms with Gasteiger partial charge in [-0.15, -0.1) is 0 Å². The van der Waals surface area contributed by atoms with Crippen LogP contribution in [0.15, 0.2) is 29.4 Å². The van der Waals surface area contributed by atoms with E-state index in [4.69, 9.17) is 10.2 Å². The molecule has 3 N–H and O–H groups in total. The number of hydrogen-bond acceptors (Lipinski definition) is 10. The zero-order valence-corrected chi connectivity index (χ0v) is 26.0. The Morgan fingerprint density at radius 3 is 2.47 bits per heavy atom. The van der Waals surface area contributed by atoms with E-state index in [-0.39, 0.29) is 27.0 Å². The largest absolute Gasteiger partial charge is 0.415 e. The van der Waals surface area contributed by atoms with Crippen molar-refractivity contribution in [3.05, 3.63) is 35.4 Å². The SMILES string of the molecule is CC(C)C[C@H](CO[Si](C)(C)C(C)(C)C)Nc1nc(S(=O)(=O)C(C)c2cccc(C#N)c2)nc2nc(N)sc12. The maximum atomic E-state index is 13.7. The summed E-state index contributed by atoms with van der Waals surface area (Å²) >= 11 is 1.21. The first kappa shape index (κ1) is 30.0. The van der Waals surface area contributed by atoms with Gasteiger partial charge in [-0.05, 0) is 55.1 Å². The number of aromatic nitrogens is 3. The van der Waals surface area contributed by atoms with Crippen LogP contribution >= 0.6 is 11.3 Å². The molecule has 0 aliphatic rings. The van der Waals surface area contributed by atoms with Crippen LogP contribution in [0.25, 0.3) is 10.3 Å². The average Bonchev–Trinajstić information content (AvgIpc) is 3.21. The van der Waals surface area contributed by atoms with Crippen LogP contribution in [0.3, 0.4) is 0 Å². The molecule has 9 nitrogen and oxygen atoms in total. The summed E-state index contributed by atoms with van der Waals surface area (Å²) in [6.45, 7) is 17.3. The van der Waals surface area contributed by atoms with E-state index in [0.29, 0.717) is 34.2 Å². The van der Waals surface area contributed by atoms with E-state index in [9.17, 15) is 13.7 Å². The lowest BCUT2D eigenvalue weighted by molar-refractivity contribution is 0.257. The highest BCUT2D eigenvalue weighted by Gasteiger charge is 2.38. The number of hydrogen-bond donors (Lipinski definition) is 2. The molecule has 3 rings (SSSR count). The Hall–Kier alpha value is -2.59. The number of fused-ring (bicyclic) bond motifs is 1. The minimum atomic E-state index is -4.01. The van der Waals surface area contributed by atoms with Crippen molar-refractivity contribution < 1.29 is 12.8 Å². The predicted molar refractivity (Wildman–Crippen MR) is 156 cm³/mol. The summed E-state index contributed by atoms with van der Waals surface area (Å²) in [7, 11) is -6.02. The molecule has 1 unspecified atom stereocenters. The number of thiazole rings is 1. The third kappa shape index (κ3) is 6.69. The first-order valence-electron chi connectivity index (χ1n) is 12.6. The molecule has 0 aliphatic heterocycles. The fourth-order valence-corrected chi connectivity index (χ4v) is 6.73. The van der Waals surface area contributed by atoms with Crippen molar-refractivity contribution in [3.8, 4) is 6.07 Å². The van der Waals surface area contributed by atoms with Gasteiger partial charge in [0.15, 0.2) is 24.9 Å². The molecule has 12 heteroatoms. The molecule has 3 aromatic rings. The van der Waals surface area contributed by atoms with Gasteiger partial charge in [-0.25, -0.2) is 13.4 Å². The smallest absolute Gasteiger partial charge is 0.251 e. The lowest BCUT2D eigenvalue weighted by atomic mass is 10.0. The molecule has 0 amide bonds. The third-order valence-corrected chi connectivity index (χ3v) is 14.3. The standard InChI is InChI=1S/C26H38N6O3S2Si/c1-16(2)12-20(15-35-38(7,8)26(4,5)6)29-22-21-23(30-24(28)36-21)32-25(31-22)37(33,34)17(3)19-11-9-10-18(13-19)14-27/h9-11,13,16-17,20H,12,15H2,1-8H3,(H3,28,29,30,31,32)/t17?,20-/m1/s1. The Bertz CT molecular complexity index is 1440. The highest BCUT2D eigenvalue weighted by atomic mass is 32.2. The van der Waals surface area contributed by atoms with Crippen molar-refractivity contribution in [2.75, 3.05) is 17.7 Å². The Kier molecular flexibility index (Phi) is 8.87. The van der Waals surface area contributed by atoms with Gasteiger partial charge in [0.25, 0.3) is 5.16 Å². The summed E-state index contributed by atoms with van der Waals surface area (Å²) < 4.78 is 34.4. The van der Waals surface area contributed by atoms with Crippen molar-refractivity contribution >= 4 is 50.8 Å². The zero-order valence-electron chi connectivity index (χ0n) is 23.4. The van der Waals surface area contributed by atoms with E-state index in [1.807, 2.05) is 0 Å². The van der Waals surface area contributed by atoms with Gasteiger partial charge in [0.05, 0.1) is 23.5 Å². The molecule has 1 aromatic carbocycles. The van der Waals surface area contributed by atoms with Gasteiger partial charge < -0.3 is 15.5 Å². The number of nitrogens with one attached hydrogen (secondary N) is 1. The molecule has 206 valence electrons. The highest BCUT2D eigenvalue weighted by molar-refractivity contribution is 7.91. The van der Waals surface area contributed by atoms with E-state index in [0.717, 1.165) is 6.42 Å². The summed E-state index contributed by atoms with van der Waals surface area (Å²) in [5.74, 6) is 0.750. The van der Waals surface area contributed by atoms with Crippen LogP contribution in [-0.4, -0.2) is 44.3 Å². The van der Waals surface area contributed by atoms with E-state index in [1.165, 1.54) is 11.3 Å². The quantitative estimate of drug-likeness (QED) is 0.222. The van der Waals surface area contributed by atoms with Gasteiger partial charge in [-0.1, -0.05) is 58.1 Å². The predicted octanol–water partition coefficient (Wildman–Crippen LogP) is 5.92. The Labute approximate surface area is 230 Å². The third-order valence-electron chi connectivity index (χ3n) is 7.00. The van der Waals surface area contributed by atoms with Crippen LogP contribution in [-0.2, 0) is 14.3 Å². The van der Waals surface area contributed by atoms with E-state index >= 15 is 0 Å². The molecule has 0 saturated carbocycles. The average molecular weight is 575 g/mol. The van der Waals surface area contributed by atoms with Crippen LogP contribution in [0.4, 0.5) is 10.9 Å². The number of nitriles is 1. The van der Waals surface area contributed by atoms with Gasteiger partial charge >= 0.3 is 0 Å². The van der Waals surface area contributed by atoms with Crippen LogP contribution in [0.5, 0.6) is 0 Å². The molecule has 0 saturated heterocycles. The Morgan fingerprint density at radius 1 is 1.18 bits per heavy atom. The number of rotatable bonds is 10. The molecule has 0 radical (unpaired) electrons. The first-order valence-corrected chi connectivity index (χ1v) is 17.9. The Morgan fingerprint density at radius 2 is 1.87 bits per heavy atom. The minimum absolute atomic E-state index is 0.0594. The first-order chi connectivity index (χ1) is 17.5. The molecule has 0 fully saturated rings. The maximum Gasteiger partial charge on any atom is 0.251 e. The number of benzene rings is 1. The molecule has 38 heavy (non-hydrogen) atoms. The fraction of sp³-hybridized carbons (Fsp3) is 0.538. The van der Waals surface area contributed by atoms with Crippen molar-refractivity contribution in [2.24, 2.45) is 5.92 Å². The Balaban J connectivity index is 2.02. The van der Waals surface area contributed by atoms with Crippen LogP contribution in [0.2, 0.25) is 18.1 Å². The van der Waals surface area contributed by atoms with Crippen LogP contribution < -0.4 is 11.1 Å². The lowest BCUT2D eigenvalue weighted by Gasteiger charge is -2.37. The molecule has 2 aromatic heterocycles. The molecular formula is C26H38N6O3S2Si. The highest BCUT2D eigenvalue weighted by Crippen LogP contribution is 2.37. The van der Waals surface area contributed by atoms with Crippen molar-refractivity contribution in [3.63, 3.8) is 0 Å². The second kappa shape index (κ2) is 11.3. The lowest BCUT2D eigenvalue weighted by Crippen LogP contribution is -2.44. The molecular weight excluding hydrogens is 537 g/mol. The van der Waals surface area contributed by atoms with E-state index < -0.39 is 23.4 Å². The van der Waals surface area contributed by atoms with Gasteiger partial charge in [-0.2, -0.15) is 15.2 Å². The van der Waals surface area contributed by atoms with Crippen molar-refractivity contribution in [1.82, 2.24) is 15.0 Å². The molecule has 0 bridgehead atoms. The summed E-state index contributed by atoms with van der Waals surface area (Å²) in [6, 6.07) is 8.49. The summed E-state index contributed by atoms with van der Waals surface area (Å²) in [5, 5.41) is 11.7. The van der Waals surface area contributed by atoms with Crippen molar-refractivity contribution in [1.29, 1.82) is 5.26 Å². The summed E-state index contributed by atoms with van der Waals surface area (Å²) in [4.78, 5) is 13.1. The number of nitrogen functional groups attached to an aromatic ring is 1. The summed E-state index contributed by atoms with van der Waals surface area (Å²) in [6.07, 6.45) is 0.799. The minimum Gasteiger partial charge on any atom is -0.415 e. The summed E-state index contributed by atoms with van der Waals surface area (Å²) in [5.41, 5.74) is 7.09. The second-order valence-electron chi connectivity index (χ2n) is 11.5. The van der Waals surface area contributed by atoms with Gasteiger partial charge in [0, 0.05) is 6.04 Å². The van der Waals surface area contributed by atoms with Gasteiger partial charge in [0.1, 0.15) is 4.70 Å². The van der Waals surface area contributed by atoms with Crippen LogP contribution in [0, 0.1) is 17.2 Å². The normalized spacial score (nSPS) is 14.4.